The average Bonchev–Trinajstić information content (AvgIpc) is 3.06. The minimum Gasteiger partial charge on any atom is -0.490 e. The van der Waals surface area contributed by atoms with Crippen molar-refractivity contribution in [2.24, 2.45) is 23.6 Å². The third-order valence-corrected chi connectivity index (χ3v) is 4.56. The summed E-state index contributed by atoms with van der Waals surface area (Å²) >= 11 is 0. The Balaban J connectivity index is 1.66. The molecular formula is C13H21N5O. The van der Waals surface area contributed by atoms with Gasteiger partial charge in [-0.15, -0.1) is 0 Å². The largest absolute Gasteiger partial charge is 0.490 e. The molecule has 6 nitrogen and oxygen atoms in total. The predicted octanol–water partition coefficient (Wildman–Crippen LogP) is 1.62. The summed E-state index contributed by atoms with van der Waals surface area (Å²) in [6.07, 6.45) is 7.09. The summed E-state index contributed by atoms with van der Waals surface area (Å²) in [7, 11) is 1.60. The second kappa shape index (κ2) is 5.21. The predicted molar refractivity (Wildman–Crippen MR) is 73.8 cm³/mol. The normalized spacial score (nSPS) is 28.4. The number of hydrogen-bond acceptors (Lipinski definition) is 6. The molecule has 0 amide bonds. The van der Waals surface area contributed by atoms with E-state index in [1.807, 2.05) is 0 Å². The van der Waals surface area contributed by atoms with Crippen LogP contribution >= 0.6 is 0 Å². The number of hydrogen-bond donors (Lipinski definition) is 3. The molecule has 0 aliphatic heterocycles. The summed E-state index contributed by atoms with van der Waals surface area (Å²) in [6, 6.07) is 0. The van der Waals surface area contributed by atoms with E-state index in [2.05, 4.69) is 20.7 Å². The molecule has 2 aliphatic rings. The van der Waals surface area contributed by atoms with E-state index in [0.717, 1.165) is 24.3 Å². The first-order valence-electron chi connectivity index (χ1n) is 6.91. The van der Waals surface area contributed by atoms with Crippen LogP contribution in [-0.2, 0) is 0 Å². The van der Waals surface area contributed by atoms with Crippen molar-refractivity contribution in [1.82, 2.24) is 9.97 Å². The van der Waals surface area contributed by atoms with E-state index in [0.29, 0.717) is 17.4 Å². The molecule has 0 spiro atoms. The molecule has 4 N–H and O–H groups in total. The number of nitrogens with one attached hydrogen (secondary N) is 2. The van der Waals surface area contributed by atoms with Crippen molar-refractivity contribution in [1.29, 1.82) is 0 Å². The Kier molecular flexibility index (Phi) is 3.42. The third-order valence-electron chi connectivity index (χ3n) is 4.56. The van der Waals surface area contributed by atoms with E-state index in [-0.39, 0.29) is 0 Å². The van der Waals surface area contributed by atoms with Gasteiger partial charge in [0.2, 0.25) is 5.75 Å². The third kappa shape index (κ3) is 2.32. The van der Waals surface area contributed by atoms with Gasteiger partial charge in [0.1, 0.15) is 6.33 Å². The van der Waals surface area contributed by atoms with Gasteiger partial charge in [-0.1, -0.05) is 6.42 Å². The molecular weight excluding hydrogens is 242 g/mol. The van der Waals surface area contributed by atoms with Crippen LogP contribution in [0.4, 0.5) is 11.6 Å². The van der Waals surface area contributed by atoms with Crippen molar-refractivity contribution in [2.45, 2.75) is 25.7 Å². The number of methoxy groups -OCH3 is 1. The van der Waals surface area contributed by atoms with Gasteiger partial charge in [0, 0.05) is 6.54 Å². The van der Waals surface area contributed by atoms with Crippen molar-refractivity contribution < 1.29 is 4.74 Å². The molecule has 104 valence electrons. The van der Waals surface area contributed by atoms with Crippen molar-refractivity contribution in [3.8, 4) is 5.75 Å². The molecule has 0 saturated heterocycles. The monoisotopic (exact) mass is 263 g/mol. The maximum atomic E-state index is 5.41. The van der Waals surface area contributed by atoms with Crippen LogP contribution in [0.2, 0.25) is 0 Å². The van der Waals surface area contributed by atoms with Crippen LogP contribution in [0.1, 0.15) is 25.7 Å². The lowest BCUT2D eigenvalue weighted by Crippen LogP contribution is -2.21. The van der Waals surface area contributed by atoms with Gasteiger partial charge in [-0.3, -0.25) is 0 Å². The summed E-state index contributed by atoms with van der Waals surface area (Å²) in [5.41, 5.74) is 2.53. The Morgan fingerprint density at radius 2 is 2.16 bits per heavy atom. The molecule has 2 bridgehead atoms. The number of anilines is 2. The Hall–Kier alpha value is -1.56. The van der Waals surface area contributed by atoms with Gasteiger partial charge in [-0.2, -0.15) is 0 Å². The van der Waals surface area contributed by atoms with Gasteiger partial charge < -0.3 is 15.5 Å². The summed E-state index contributed by atoms with van der Waals surface area (Å²) in [4.78, 5) is 8.27. The Morgan fingerprint density at radius 3 is 2.79 bits per heavy atom. The molecule has 0 aromatic carbocycles. The fourth-order valence-electron chi connectivity index (χ4n) is 3.65. The van der Waals surface area contributed by atoms with Gasteiger partial charge in [-0.05, 0) is 37.0 Å². The molecule has 2 fully saturated rings. The number of ether oxygens (including phenoxy) is 1. The summed E-state index contributed by atoms with van der Waals surface area (Å²) in [5, 5.41) is 3.39. The fraction of sp³-hybridized carbons (Fsp3) is 0.692. The topological polar surface area (TPSA) is 85.1 Å². The van der Waals surface area contributed by atoms with Crippen molar-refractivity contribution in [3.63, 3.8) is 0 Å². The summed E-state index contributed by atoms with van der Waals surface area (Å²) < 4.78 is 5.31. The van der Waals surface area contributed by atoms with Crippen LogP contribution in [0.3, 0.4) is 0 Å². The van der Waals surface area contributed by atoms with Crippen molar-refractivity contribution in [2.75, 3.05) is 24.4 Å². The highest BCUT2D eigenvalue weighted by Crippen LogP contribution is 2.48. The number of nitrogen functional groups attached to an aromatic ring is 1. The summed E-state index contributed by atoms with van der Waals surface area (Å²) in [6.45, 7) is 0.957. The Morgan fingerprint density at radius 1 is 1.32 bits per heavy atom. The zero-order valence-corrected chi connectivity index (χ0v) is 11.2. The molecule has 0 radical (unpaired) electrons. The van der Waals surface area contributed by atoms with Crippen LogP contribution in [0.15, 0.2) is 6.33 Å². The molecule has 3 unspecified atom stereocenters. The molecule has 2 saturated carbocycles. The van der Waals surface area contributed by atoms with E-state index in [4.69, 9.17) is 10.6 Å². The van der Waals surface area contributed by atoms with Gasteiger partial charge in [-0.25, -0.2) is 15.8 Å². The smallest absolute Gasteiger partial charge is 0.205 e. The zero-order chi connectivity index (χ0) is 13.2. The lowest BCUT2D eigenvalue weighted by molar-refractivity contribution is 0.347. The first-order valence-corrected chi connectivity index (χ1v) is 6.91. The SMILES string of the molecule is COc1c(NN)ncnc1NCC1CC2CCC1C2. The number of fused-ring (bicyclic) bond motifs is 2. The molecule has 3 atom stereocenters. The maximum Gasteiger partial charge on any atom is 0.205 e. The highest BCUT2D eigenvalue weighted by atomic mass is 16.5. The fourth-order valence-corrected chi connectivity index (χ4v) is 3.65. The highest BCUT2D eigenvalue weighted by Gasteiger charge is 2.39. The maximum absolute atomic E-state index is 5.41. The number of nitrogens with zero attached hydrogens (tertiary/aromatic N) is 2. The molecule has 1 aromatic heterocycles. The van der Waals surface area contributed by atoms with Crippen LogP contribution in [0.5, 0.6) is 5.75 Å². The molecule has 2 aliphatic carbocycles. The quantitative estimate of drug-likeness (QED) is 0.553. The lowest BCUT2D eigenvalue weighted by Gasteiger charge is -2.22. The number of rotatable bonds is 5. The van der Waals surface area contributed by atoms with Gasteiger partial charge in [0.25, 0.3) is 0 Å². The first-order chi connectivity index (χ1) is 9.31. The van der Waals surface area contributed by atoms with E-state index in [1.165, 1.54) is 32.0 Å². The molecule has 1 heterocycles. The zero-order valence-electron chi connectivity index (χ0n) is 11.2. The Labute approximate surface area is 113 Å². The molecule has 3 rings (SSSR count). The second-order valence-corrected chi connectivity index (χ2v) is 5.56. The van der Waals surface area contributed by atoms with E-state index in [9.17, 15) is 0 Å². The van der Waals surface area contributed by atoms with Crippen LogP contribution in [0.25, 0.3) is 0 Å². The van der Waals surface area contributed by atoms with E-state index in [1.54, 1.807) is 7.11 Å². The van der Waals surface area contributed by atoms with Crippen LogP contribution < -0.4 is 21.3 Å². The van der Waals surface area contributed by atoms with Gasteiger partial charge >= 0.3 is 0 Å². The minimum absolute atomic E-state index is 0.507. The van der Waals surface area contributed by atoms with Gasteiger partial charge in [0.15, 0.2) is 11.6 Å². The summed E-state index contributed by atoms with van der Waals surface area (Å²) in [5.74, 6) is 9.85. The number of aromatic nitrogens is 2. The minimum atomic E-state index is 0.507. The number of hydrazine groups is 1. The lowest BCUT2D eigenvalue weighted by atomic mass is 9.89. The van der Waals surface area contributed by atoms with Crippen LogP contribution in [0, 0.1) is 17.8 Å². The molecule has 1 aromatic rings. The second-order valence-electron chi connectivity index (χ2n) is 5.56. The van der Waals surface area contributed by atoms with Crippen LogP contribution in [-0.4, -0.2) is 23.6 Å². The van der Waals surface area contributed by atoms with Crippen molar-refractivity contribution in [3.05, 3.63) is 6.33 Å². The van der Waals surface area contributed by atoms with Crippen molar-refractivity contribution >= 4 is 11.6 Å². The number of nitrogens with two attached hydrogens (primary N) is 1. The first kappa shape index (κ1) is 12.5. The highest BCUT2D eigenvalue weighted by molar-refractivity contribution is 5.63. The molecule has 19 heavy (non-hydrogen) atoms. The van der Waals surface area contributed by atoms with E-state index >= 15 is 0 Å². The van der Waals surface area contributed by atoms with Gasteiger partial charge in [0.05, 0.1) is 7.11 Å². The molecule has 6 heteroatoms. The average molecular weight is 263 g/mol. The standard InChI is InChI=1S/C13H21N5O/c1-19-11-12(16-7-17-13(11)18-14)15-6-10-5-8-2-3-9(10)4-8/h7-10H,2-6,14H2,1H3,(H2,15,16,17,18). The van der Waals surface area contributed by atoms with E-state index < -0.39 is 0 Å². The Bertz CT molecular complexity index is 453.